The fraction of sp³-hybridized carbons (Fsp3) is 0.263. The number of rotatable bonds is 7. The summed E-state index contributed by atoms with van der Waals surface area (Å²) in [4.78, 5) is 23.7. The molecule has 0 bridgehead atoms. The van der Waals surface area contributed by atoms with Gasteiger partial charge in [0, 0.05) is 17.8 Å². The van der Waals surface area contributed by atoms with Gasteiger partial charge in [-0.2, -0.15) is 0 Å². The number of aromatic nitrogens is 3. The Kier molecular flexibility index (Phi) is 5.84. The van der Waals surface area contributed by atoms with Gasteiger partial charge in [-0.1, -0.05) is 11.8 Å². The Hall–Kier alpha value is -3.07. The molecule has 0 saturated heterocycles. The maximum atomic E-state index is 12.5. The molecule has 3 N–H and O–H groups in total. The van der Waals surface area contributed by atoms with Crippen molar-refractivity contribution in [3.05, 3.63) is 47.9 Å². The Balaban J connectivity index is 1.71. The zero-order valence-electron chi connectivity index (χ0n) is 15.8. The van der Waals surface area contributed by atoms with Gasteiger partial charge >= 0.3 is 0 Å². The van der Waals surface area contributed by atoms with E-state index in [-0.39, 0.29) is 5.91 Å². The number of benzene rings is 1. The Morgan fingerprint density at radius 2 is 1.96 bits per heavy atom. The van der Waals surface area contributed by atoms with Crippen LogP contribution in [0.5, 0.6) is 0 Å². The molecule has 0 aliphatic rings. The third-order valence-electron chi connectivity index (χ3n) is 4.22. The summed E-state index contributed by atoms with van der Waals surface area (Å²) >= 11 is 1.33. The summed E-state index contributed by atoms with van der Waals surface area (Å²) < 4.78 is 7.31. The quantitative estimate of drug-likeness (QED) is 0.590. The number of amides is 2. The molecule has 2 aromatic heterocycles. The second-order valence-electron chi connectivity index (χ2n) is 6.13. The number of aryl methyl sites for hydroxylation is 1. The van der Waals surface area contributed by atoms with E-state index in [2.05, 4.69) is 15.5 Å². The predicted octanol–water partition coefficient (Wildman–Crippen LogP) is 3.08. The maximum absolute atomic E-state index is 12.5. The fourth-order valence-corrected chi connectivity index (χ4v) is 3.56. The molecule has 9 heteroatoms. The molecule has 3 aromatic rings. The minimum absolute atomic E-state index is 0.177. The van der Waals surface area contributed by atoms with Crippen LogP contribution in [0.2, 0.25) is 0 Å². The largest absolute Gasteiger partial charge is 0.469 e. The molecule has 28 heavy (non-hydrogen) atoms. The molecule has 0 unspecified atom stereocenters. The predicted molar refractivity (Wildman–Crippen MR) is 107 cm³/mol. The van der Waals surface area contributed by atoms with Crippen LogP contribution in [0, 0.1) is 6.92 Å². The highest BCUT2D eigenvalue weighted by Gasteiger charge is 2.21. The van der Waals surface area contributed by atoms with Crippen LogP contribution in [0.15, 0.2) is 46.2 Å². The van der Waals surface area contributed by atoms with Gasteiger partial charge in [-0.3, -0.25) is 9.59 Å². The number of thioether (sulfide) groups is 1. The van der Waals surface area contributed by atoms with E-state index in [4.69, 9.17) is 10.2 Å². The molecule has 0 spiro atoms. The molecule has 0 aliphatic heterocycles. The smallest absolute Gasteiger partial charge is 0.248 e. The molecule has 2 heterocycles. The van der Waals surface area contributed by atoms with Gasteiger partial charge in [0.05, 0.1) is 17.1 Å². The number of nitrogens with zero attached hydrogens (tertiary/aromatic N) is 3. The van der Waals surface area contributed by atoms with Crippen LogP contribution in [-0.4, -0.2) is 31.8 Å². The van der Waals surface area contributed by atoms with Crippen molar-refractivity contribution in [3.63, 3.8) is 0 Å². The molecule has 0 saturated carbocycles. The number of nitrogens with two attached hydrogens (primary N) is 1. The van der Waals surface area contributed by atoms with E-state index in [1.54, 1.807) is 37.5 Å². The van der Waals surface area contributed by atoms with Crippen LogP contribution in [-0.2, 0) is 11.3 Å². The van der Waals surface area contributed by atoms with E-state index in [9.17, 15) is 9.59 Å². The van der Waals surface area contributed by atoms with E-state index >= 15 is 0 Å². The Bertz CT molecular complexity index is 993. The molecular weight excluding hydrogens is 378 g/mol. The summed E-state index contributed by atoms with van der Waals surface area (Å²) in [7, 11) is 0. The number of furan rings is 1. The number of hydrogen-bond donors (Lipinski definition) is 2. The first-order valence-electron chi connectivity index (χ1n) is 8.75. The highest BCUT2D eigenvalue weighted by Crippen LogP contribution is 2.29. The second kappa shape index (κ2) is 8.30. The molecular formula is C19H21N5O3S. The third kappa shape index (κ3) is 4.09. The summed E-state index contributed by atoms with van der Waals surface area (Å²) in [5.74, 6) is 0.794. The van der Waals surface area contributed by atoms with Gasteiger partial charge in [-0.25, -0.2) is 0 Å². The number of nitrogens with one attached hydrogen (secondary N) is 1. The first-order chi connectivity index (χ1) is 13.4. The Morgan fingerprint density at radius 3 is 2.54 bits per heavy atom. The highest BCUT2D eigenvalue weighted by atomic mass is 32.2. The van der Waals surface area contributed by atoms with Crippen LogP contribution in [0.1, 0.15) is 30.0 Å². The summed E-state index contributed by atoms with van der Waals surface area (Å²) in [5, 5.41) is 11.6. The van der Waals surface area contributed by atoms with E-state index < -0.39 is 11.2 Å². The summed E-state index contributed by atoms with van der Waals surface area (Å²) in [6.45, 7) is 6.33. The van der Waals surface area contributed by atoms with E-state index in [0.29, 0.717) is 28.8 Å². The van der Waals surface area contributed by atoms with Crippen LogP contribution in [0.4, 0.5) is 5.69 Å². The first kappa shape index (κ1) is 19.7. The lowest BCUT2D eigenvalue weighted by Crippen LogP contribution is -2.23. The van der Waals surface area contributed by atoms with Crippen LogP contribution >= 0.6 is 11.8 Å². The van der Waals surface area contributed by atoms with Crippen molar-refractivity contribution < 1.29 is 14.0 Å². The Labute approximate surface area is 166 Å². The summed E-state index contributed by atoms with van der Waals surface area (Å²) in [6.07, 6.45) is 1.62. The topological polar surface area (TPSA) is 116 Å². The first-order valence-corrected chi connectivity index (χ1v) is 9.63. The number of carbonyl (C=O) groups is 2. The van der Waals surface area contributed by atoms with Crippen molar-refractivity contribution in [2.75, 3.05) is 5.32 Å². The Morgan fingerprint density at radius 1 is 1.25 bits per heavy atom. The number of anilines is 1. The van der Waals surface area contributed by atoms with Crippen LogP contribution < -0.4 is 11.1 Å². The zero-order valence-corrected chi connectivity index (χ0v) is 16.6. The van der Waals surface area contributed by atoms with Crippen molar-refractivity contribution in [2.45, 2.75) is 37.7 Å². The molecule has 3 rings (SSSR count). The molecule has 0 fully saturated rings. The lowest BCUT2D eigenvalue weighted by molar-refractivity contribution is -0.115. The van der Waals surface area contributed by atoms with E-state index in [1.807, 2.05) is 24.5 Å². The monoisotopic (exact) mass is 399 g/mol. The highest BCUT2D eigenvalue weighted by molar-refractivity contribution is 8.00. The minimum atomic E-state index is -0.510. The van der Waals surface area contributed by atoms with Crippen molar-refractivity contribution in [3.8, 4) is 11.4 Å². The minimum Gasteiger partial charge on any atom is -0.469 e. The number of carbonyl (C=O) groups excluding carboxylic acids is 2. The van der Waals surface area contributed by atoms with Crippen molar-refractivity contribution in [2.24, 2.45) is 5.73 Å². The lowest BCUT2D eigenvalue weighted by Gasteiger charge is -2.13. The molecule has 1 aromatic carbocycles. The van der Waals surface area contributed by atoms with Crippen LogP contribution in [0.25, 0.3) is 11.4 Å². The lowest BCUT2D eigenvalue weighted by atomic mass is 10.2. The molecule has 8 nitrogen and oxygen atoms in total. The average molecular weight is 399 g/mol. The van der Waals surface area contributed by atoms with E-state index in [0.717, 1.165) is 11.3 Å². The molecule has 0 radical (unpaired) electrons. The van der Waals surface area contributed by atoms with Crippen molar-refractivity contribution in [1.82, 2.24) is 14.8 Å². The normalized spacial score (nSPS) is 12.0. The fourth-order valence-electron chi connectivity index (χ4n) is 2.65. The molecule has 2 amide bonds. The SMILES string of the molecule is CCn1c(S[C@H](C)C(=O)Nc2ccc(C(N)=O)cc2)nnc1-c1ccoc1C. The number of primary amides is 1. The van der Waals surface area contributed by atoms with Crippen molar-refractivity contribution >= 4 is 29.3 Å². The van der Waals surface area contributed by atoms with Crippen LogP contribution in [0.3, 0.4) is 0 Å². The molecule has 1 atom stereocenters. The average Bonchev–Trinajstić information content (AvgIpc) is 3.27. The van der Waals surface area contributed by atoms with Gasteiger partial charge in [-0.05, 0) is 51.1 Å². The number of hydrogen-bond acceptors (Lipinski definition) is 6. The van der Waals surface area contributed by atoms with Gasteiger partial charge < -0.3 is 20.0 Å². The van der Waals surface area contributed by atoms with Gasteiger partial charge in [0.2, 0.25) is 11.8 Å². The molecule has 0 aliphatic carbocycles. The van der Waals surface area contributed by atoms with Crippen molar-refractivity contribution in [1.29, 1.82) is 0 Å². The standard InChI is InChI=1S/C19H21N5O3S/c1-4-24-17(15-9-10-27-11(15)2)22-23-19(24)28-12(3)18(26)21-14-7-5-13(6-8-14)16(20)25/h5-10,12H,4H2,1-3H3,(H2,20,25)(H,21,26)/t12-/m1/s1. The summed E-state index contributed by atoms with van der Waals surface area (Å²) in [5.41, 5.74) is 7.08. The maximum Gasteiger partial charge on any atom is 0.248 e. The van der Waals surface area contributed by atoms with Gasteiger partial charge in [-0.15, -0.1) is 10.2 Å². The third-order valence-corrected chi connectivity index (χ3v) is 5.30. The van der Waals surface area contributed by atoms with Gasteiger partial charge in [0.15, 0.2) is 11.0 Å². The summed E-state index contributed by atoms with van der Waals surface area (Å²) in [6, 6.07) is 8.28. The zero-order chi connectivity index (χ0) is 20.3. The van der Waals surface area contributed by atoms with Gasteiger partial charge in [0.25, 0.3) is 0 Å². The van der Waals surface area contributed by atoms with E-state index in [1.165, 1.54) is 11.8 Å². The molecule has 146 valence electrons. The van der Waals surface area contributed by atoms with Gasteiger partial charge in [0.1, 0.15) is 5.76 Å². The second-order valence-corrected chi connectivity index (χ2v) is 7.44.